The summed E-state index contributed by atoms with van der Waals surface area (Å²) in [6.07, 6.45) is 8.13. The maximum Gasteiger partial charge on any atom is 0.0969 e. The molecule has 0 spiro atoms. The highest BCUT2D eigenvalue weighted by Crippen LogP contribution is 2.50. The van der Waals surface area contributed by atoms with Crippen LogP contribution in [0.1, 0.15) is 12.8 Å². The summed E-state index contributed by atoms with van der Waals surface area (Å²) in [4.78, 5) is 0. The van der Waals surface area contributed by atoms with Crippen molar-refractivity contribution in [2.24, 2.45) is 5.41 Å². The SMILES string of the molecule is N#CC1(C2=CC=CCN2)CC1. The second-order valence-electron chi connectivity index (χ2n) is 3.08. The highest BCUT2D eigenvalue weighted by atomic mass is 14.9. The molecule has 1 fully saturated rings. The first-order chi connectivity index (χ1) is 5.37. The van der Waals surface area contributed by atoms with Crippen molar-refractivity contribution in [1.29, 1.82) is 5.26 Å². The Morgan fingerprint density at radius 1 is 1.55 bits per heavy atom. The van der Waals surface area contributed by atoms with Crippen LogP contribution in [0, 0.1) is 16.7 Å². The third kappa shape index (κ3) is 0.932. The summed E-state index contributed by atoms with van der Waals surface area (Å²) in [7, 11) is 0. The van der Waals surface area contributed by atoms with Crippen molar-refractivity contribution in [2.75, 3.05) is 6.54 Å². The fourth-order valence-corrected chi connectivity index (χ4v) is 1.36. The number of nitriles is 1. The van der Waals surface area contributed by atoms with Gasteiger partial charge < -0.3 is 5.32 Å². The van der Waals surface area contributed by atoms with Crippen molar-refractivity contribution in [3.63, 3.8) is 0 Å². The summed E-state index contributed by atoms with van der Waals surface area (Å²) in [5.74, 6) is 0. The van der Waals surface area contributed by atoms with Crippen molar-refractivity contribution in [3.8, 4) is 6.07 Å². The molecule has 2 rings (SSSR count). The van der Waals surface area contributed by atoms with Gasteiger partial charge >= 0.3 is 0 Å². The van der Waals surface area contributed by atoms with Gasteiger partial charge in [-0.2, -0.15) is 5.26 Å². The molecule has 1 saturated carbocycles. The molecule has 1 heterocycles. The molecule has 0 aromatic carbocycles. The Kier molecular flexibility index (Phi) is 1.25. The van der Waals surface area contributed by atoms with Gasteiger partial charge in [0, 0.05) is 12.2 Å². The Hall–Kier alpha value is -1.23. The highest BCUT2D eigenvalue weighted by molar-refractivity contribution is 5.34. The molecule has 1 aliphatic carbocycles. The van der Waals surface area contributed by atoms with E-state index >= 15 is 0 Å². The summed E-state index contributed by atoms with van der Waals surface area (Å²) in [6.45, 7) is 0.870. The van der Waals surface area contributed by atoms with Gasteiger partial charge in [0.25, 0.3) is 0 Å². The zero-order chi connectivity index (χ0) is 7.73. The largest absolute Gasteiger partial charge is 0.384 e. The molecule has 1 N–H and O–H groups in total. The van der Waals surface area contributed by atoms with Crippen molar-refractivity contribution in [1.82, 2.24) is 5.32 Å². The first-order valence-corrected chi connectivity index (χ1v) is 3.90. The van der Waals surface area contributed by atoms with E-state index in [2.05, 4.69) is 17.5 Å². The highest BCUT2D eigenvalue weighted by Gasteiger charge is 2.46. The van der Waals surface area contributed by atoms with Gasteiger partial charge in [-0.25, -0.2) is 0 Å². The van der Waals surface area contributed by atoms with Crippen LogP contribution in [0.5, 0.6) is 0 Å². The van der Waals surface area contributed by atoms with E-state index in [-0.39, 0.29) is 5.41 Å². The molecule has 2 aliphatic rings. The Bertz CT molecular complexity index is 264. The number of hydrogen-bond acceptors (Lipinski definition) is 2. The first kappa shape index (κ1) is 6.48. The monoisotopic (exact) mass is 146 g/mol. The molecular formula is C9H10N2. The molecule has 0 unspecified atom stereocenters. The van der Waals surface area contributed by atoms with E-state index in [0.717, 1.165) is 25.1 Å². The second kappa shape index (κ2) is 2.13. The Balaban J connectivity index is 2.22. The molecule has 0 atom stereocenters. The molecule has 11 heavy (non-hydrogen) atoms. The van der Waals surface area contributed by atoms with Gasteiger partial charge in [-0.15, -0.1) is 0 Å². The van der Waals surface area contributed by atoms with Crippen molar-refractivity contribution < 1.29 is 0 Å². The van der Waals surface area contributed by atoms with Crippen molar-refractivity contribution in [2.45, 2.75) is 12.8 Å². The molecule has 2 nitrogen and oxygen atoms in total. The topological polar surface area (TPSA) is 35.8 Å². The lowest BCUT2D eigenvalue weighted by atomic mass is 10.0. The van der Waals surface area contributed by atoms with Gasteiger partial charge in [0.1, 0.15) is 0 Å². The third-order valence-electron chi connectivity index (χ3n) is 2.29. The number of nitrogens with one attached hydrogen (secondary N) is 1. The fraction of sp³-hybridized carbons (Fsp3) is 0.444. The summed E-state index contributed by atoms with van der Waals surface area (Å²) < 4.78 is 0. The van der Waals surface area contributed by atoms with Crippen LogP contribution < -0.4 is 5.32 Å². The molecule has 2 heteroatoms. The lowest BCUT2D eigenvalue weighted by Crippen LogP contribution is -2.22. The molecule has 0 aromatic rings. The van der Waals surface area contributed by atoms with E-state index in [0.29, 0.717) is 0 Å². The number of nitrogens with zero attached hydrogens (tertiary/aromatic N) is 1. The minimum Gasteiger partial charge on any atom is -0.384 e. The zero-order valence-corrected chi connectivity index (χ0v) is 6.30. The molecule has 0 bridgehead atoms. The summed E-state index contributed by atoms with van der Waals surface area (Å²) >= 11 is 0. The third-order valence-corrected chi connectivity index (χ3v) is 2.29. The zero-order valence-electron chi connectivity index (χ0n) is 6.30. The average Bonchev–Trinajstić information content (AvgIpc) is 2.86. The van der Waals surface area contributed by atoms with Gasteiger partial charge in [-0.05, 0) is 18.9 Å². The van der Waals surface area contributed by atoms with Crippen LogP contribution in [0.4, 0.5) is 0 Å². The van der Waals surface area contributed by atoms with E-state index in [1.165, 1.54) is 0 Å². The van der Waals surface area contributed by atoms with E-state index in [1.54, 1.807) is 0 Å². The Morgan fingerprint density at radius 2 is 2.36 bits per heavy atom. The summed E-state index contributed by atoms with van der Waals surface area (Å²) in [5, 5.41) is 12.1. The Morgan fingerprint density at radius 3 is 2.82 bits per heavy atom. The molecule has 1 aliphatic heterocycles. The van der Waals surface area contributed by atoms with E-state index in [9.17, 15) is 0 Å². The molecule has 0 aromatic heterocycles. The lowest BCUT2D eigenvalue weighted by Gasteiger charge is -2.15. The maximum absolute atomic E-state index is 8.85. The molecule has 0 amide bonds. The van der Waals surface area contributed by atoms with Crippen LogP contribution in [0.25, 0.3) is 0 Å². The van der Waals surface area contributed by atoms with Crippen LogP contribution >= 0.6 is 0 Å². The standard InChI is InChI=1S/C9H10N2/c10-7-9(4-5-9)8-3-1-2-6-11-8/h1-3,11H,4-6H2. The van der Waals surface area contributed by atoms with Gasteiger partial charge in [0.15, 0.2) is 0 Å². The van der Waals surface area contributed by atoms with Crippen molar-refractivity contribution >= 4 is 0 Å². The minimum atomic E-state index is -0.134. The van der Waals surface area contributed by atoms with Gasteiger partial charge in [0.2, 0.25) is 0 Å². The van der Waals surface area contributed by atoms with Gasteiger partial charge in [-0.1, -0.05) is 12.2 Å². The first-order valence-electron chi connectivity index (χ1n) is 3.90. The Labute approximate surface area is 66.2 Å². The predicted molar refractivity (Wildman–Crippen MR) is 42.5 cm³/mol. The van der Waals surface area contributed by atoms with E-state index in [1.807, 2.05) is 12.2 Å². The van der Waals surface area contributed by atoms with Crippen LogP contribution in [0.3, 0.4) is 0 Å². The fourth-order valence-electron chi connectivity index (χ4n) is 1.36. The normalized spacial score (nSPS) is 24.8. The summed E-state index contributed by atoms with van der Waals surface area (Å²) in [5.41, 5.74) is 0.979. The van der Waals surface area contributed by atoms with Crippen LogP contribution in [-0.2, 0) is 0 Å². The predicted octanol–water partition coefficient (Wildman–Crippen LogP) is 1.33. The number of hydrogen-bond donors (Lipinski definition) is 1. The number of rotatable bonds is 1. The van der Waals surface area contributed by atoms with Crippen LogP contribution in [-0.4, -0.2) is 6.54 Å². The van der Waals surface area contributed by atoms with Crippen LogP contribution in [0.2, 0.25) is 0 Å². The second-order valence-corrected chi connectivity index (χ2v) is 3.08. The molecule has 0 saturated heterocycles. The molecule has 56 valence electrons. The average molecular weight is 146 g/mol. The van der Waals surface area contributed by atoms with Gasteiger partial charge in [-0.3, -0.25) is 0 Å². The molecular weight excluding hydrogens is 136 g/mol. The van der Waals surface area contributed by atoms with Gasteiger partial charge in [0.05, 0.1) is 11.5 Å². The quantitative estimate of drug-likeness (QED) is 0.605. The number of dihydropyridines is 1. The lowest BCUT2D eigenvalue weighted by molar-refractivity contribution is 0.690. The van der Waals surface area contributed by atoms with E-state index in [4.69, 9.17) is 5.26 Å². The van der Waals surface area contributed by atoms with E-state index < -0.39 is 0 Å². The van der Waals surface area contributed by atoms with Crippen LogP contribution in [0.15, 0.2) is 23.9 Å². The summed E-state index contributed by atoms with van der Waals surface area (Å²) in [6, 6.07) is 2.36. The minimum absolute atomic E-state index is 0.134. The molecule has 0 radical (unpaired) electrons. The smallest absolute Gasteiger partial charge is 0.0969 e. The maximum atomic E-state index is 8.85. The number of allylic oxidation sites excluding steroid dienone is 3. The van der Waals surface area contributed by atoms with Crippen molar-refractivity contribution in [3.05, 3.63) is 23.9 Å².